The zero-order chi connectivity index (χ0) is 15.2. The second-order valence-electron chi connectivity index (χ2n) is 4.96. The highest BCUT2D eigenvalue weighted by Crippen LogP contribution is 2.37. The number of hydrogen-bond donors (Lipinski definition) is 0. The fourth-order valence-corrected chi connectivity index (χ4v) is 3.36. The minimum absolute atomic E-state index is 0.0633. The van der Waals surface area contributed by atoms with Crippen molar-refractivity contribution >= 4 is 23.7 Å². The van der Waals surface area contributed by atoms with Crippen molar-refractivity contribution in [1.29, 1.82) is 0 Å². The molecule has 2 aromatic rings. The van der Waals surface area contributed by atoms with Gasteiger partial charge in [-0.3, -0.25) is 4.99 Å². The molecule has 110 valence electrons. The zero-order valence-corrected chi connectivity index (χ0v) is 13.1. The summed E-state index contributed by atoms with van der Waals surface area (Å²) in [6.07, 6.45) is 3.86. The molecule has 1 atom stereocenters. The lowest BCUT2D eigenvalue weighted by Gasteiger charge is -2.25. The minimum atomic E-state index is 0.0633. The Morgan fingerprint density at radius 2 is 1.73 bits per heavy atom. The minimum Gasteiger partial charge on any atom is -0.336 e. The first kappa shape index (κ1) is 14.7. The number of rotatable bonds is 5. The molecule has 3 heteroatoms. The first-order valence-electron chi connectivity index (χ1n) is 7.25. The number of nitrogens with zero attached hydrogens (tertiary/aromatic N) is 2. The van der Waals surface area contributed by atoms with Crippen LogP contribution in [0, 0.1) is 0 Å². The highest BCUT2D eigenvalue weighted by atomic mass is 32.2. The van der Waals surface area contributed by atoms with Gasteiger partial charge in [0.25, 0.3) is 0 Å². The number of thioether (sulfide) groups is 1. The SMILES string of the molecule is C=CCN1C(c2ccccc2)=CS[C@H]1N=Cc1ccccc1. The van der Waals surface area contributed by atoms with Crippen molar-refractivity contribution in [3.63, 3.8) is 0 Å². The summed E-state index contributed by atoms with van der Waals surface area (Å²) in [5, 5.41) is 2.19. The average Bonchev–Trinajstić information content (AvgIpc) is 2.98. The van der Waals surface area contributed by atoms with Crippen molar-refractivity contribution in [2.45, 2.75) is 5.50 Å². The summed E-state index contributed by atoms with van der Waals surface area (Å²) in [5.74, 6) is 0. The van der Waals surface area contributed by atoms with E-state index in [9.17, 15) is 0 Å². The molecule has 0 aromatic heterocycles. The van der Waals surface area contributed by atoms with Gasteiger partial charge >= 0.3 is 0 Å². The molecule has 1 heterocycles. The second kappa shape index (κ2) is 7.14. The normalized spacial score (nSPS) is 17.7. The Morgan fingerprint density at radius 1 is 1.05 bits per heavy atom. The maximum atomic E-state index is 4.73. The fraction of sp³-hybridized carbons (Fsp3) is 0.105. The summed E-state index contributed by atoms with van der Waals surface area (Å²) >= 11 is 1.73. The van der Waals surface area contributed by atoms with E-state index in [1.54, 1.807) is 11.8 Å². The van der Waals surface area contributed by atoms with Gasteiger partial charge in [-0.25, -0.2) is 0 Å². The first-order valence-corrected chi connectivity index (χ1v) is 8.19. The van der Waals surface area contributed by atoms with Crippen LogP contribution in [0.4, 0.5) is 0 Å². The maximum Gasteiger partial charge on any atom is 0.173 e. The van der Waals surface area contributed by atoms with E-state index in [-0.39, 0.29) is 5.50 Å². The highest BCUT2D eigenvalue weighted by Gasteiger charge is 2.25. The van der Waals surface area contributed by atoms with Crippen molar-refractivity contribution < 1.29 is 0 Å². The lowest BCUT2D eigenvalue weighted by atomic mass is 10.1. The van der Waals surface area contributed by atoms with E-state index in [2.05, 4.69) is 53.3 Å². The highest BCUT2D eigenvalue weighted by molar-refractivity contribution is 8.03. The molecule has 0 fully saturated rings. The Labute approximate surface area is 135 Å². The molecular formula is C19H18N2S. The van der Waals surface area contributed by atoms with E-state index in [1.807, 2.05) is 36.6 Å². The van der Waals surface area contributed by atoms with Gasteiger partial charge in [-0.05, 0) is 16.5 Å². The molecule has 0 amide bonds. The standard InChI is InChI=1S/C19H18N2S/c1-2-13-21-18(17-11-7-4-8-12-17)15-22-19(21)20-14-16-9-5-3-6-10-16/h2-12,14-15,19H,1,13H2/t19-/m0/s1. The summed E-state index contributed by atoms with van der Waals surface area (Å²) in [7, 11) is 0. The summed E-state index contributed by atoms with van der Waals surface area (Å²) in [6.45, 7) is 4.66. The third kappa shape index (κ3) is 3.31. The van der Waals surface area contributed by atoms with Crippen LogP contribution in [0.3, 0.4) is 0 Å². The van der Waals surface area contributed by atoms with Gasteiger partial charge in [-0.1, -0.05) is 78.5 Å². The summed E-state index contributed by atoms with van der Waals surface area (Å²) in [4.78, 5) is 7.00. The summed E-state index contributed by atoms with van der Waals surface area (Å²) < 4.78 is 0. The van der Waals surface area contributed by atoms with E-state index in [0.29, 0.717) is 0 Å². The van der Waals surface area contributed by atoms with Gasteiger partial charge in [0, 0.05) is 12.8 Å². The molecule has 2 nitrogen and oxygen atoms in total. The maximum absolute atomic E-state index is 4.73. The van der Waals surface area contributed by atoms with E-state index in [0.717, 1.165) is 12.1 Å². The molecule has 22 heavy (non-hydrogen) atoms. The summed E-state index contributed by atoms with van der Waals surface area (Å²) in [6, 6.07) is 20.6. The van der Waals surface area contributed by atoms with Crippen LogP contribution in [0.5, 0.6) is 0 Å². The van der Waals surface area contributed by atoms with E-state index >= 15 is 0 Å². The largest absolute Gasteiger partial charge is 0.336 e. The summed E-state index contributed by atoms with van der Waals surface area (Å²) in [5.41, 5.74) is 3.61. The van der Waals surface area contributed by atoms with Gasteiger partial charge in [0.05, 0.1) is 5.70 Å². The van der Waals surface area contributed by atoms with Crippen molar-refractivity contribution in [1.82, 2.24) is 4.90 Å². The van der Waals surface area contributed by atoms with Gasteiger partial charge in [0.15, 0.2) is 5.50 Å². The Kier molecular flexibility index (Phi) is 4.76. The van der Waals surface area contributed by atoms with Crippen molar-refractivity contribution in [3.8, 4) is 0 Å². The molecule has 2 aromatic carbocycles. The molecule has 0 spiro atoms. The topological polar surface area (TPSA) is 15.6 Å². The lowest BCUT2D eigenvalue weighted by Crippen LogP contribution is -2.26. The van der Waals surface area contributed by atoms with Gasteiger partial charge in [-0.2, -0.15) is 0 Å². The third-order valence-electron chi connectivity index (χ3n) is 3.42. The molecule has 0 N–H and O–H groups in total. The Hall–Kier alpha value is -2.26. The Balaban J connectivity index is 1.79. The Bertz CT molecular complexity index is 677. The monoisotopic (exact) mass is 306 g/mol. The molecule has 0 radical (unpaired) electrons. The molecular weight excluding hydrogens is 288 g/mol. The van der Waals surface area contributed by atoms with Crippen LogP contribution < -0.4 is 0 Å². The molecule has 0 bridgehead atoms. The molecule has 1 aliphatic heterocycles. The smallest absolute Gasteiger partial charge is 0.173 e. The number of benzene rings is 2. The van der Waals surface area contributed by atoms with Crippen LogP contribution >= 0.6 is 11.8 Å². The quantitative estimate of drug-likeness (QED) is 0.591. The first-order chi connectivity index (χ1) is 10.9. The van der Waals surface area contributed by atoms with Crippen LogP contribution in [-0.4, -0.2) is 23.2 Å². The third-order valence-corrected chi connectivity index (χ3v) is 4.40. The average molecular weight is 306 g/mol. The van der Waals surface area contributed by atoms with E-state index in [4.69, 9.17) is 4.99 Å². The van der Waals surface area contributed by atoms with Gasteiger partial charge in [0.1, 0.15) is 0 Å². The van der Waals surface area contributed by atoms with Gasteiger partial charge < -0.3 is 4.90 Å². The molecule has 0 unspecified atom stereocenters. The van der Waals surface area contributed by atoms with Crippen molar-refractivity contribution in [2.24, 2.45) is 4.99 Å². The molecule has 1 aliphatic rings. The van der Waals surface area contributed by atoms with Crippen LogP contribution in [-0.2, 0) is 0 Å². The fourth-order valence-electron chi connectivity index (χ4n) is 2.36. The number of aliphatic imine (C=N–C) groups is 1. The lowest BCUT2D eigenvalue weighted by molar-refractivity contribution is 0.430. The van der Waals surface area contributed by atoms with Crippen LogP contribution in [0.1, 0.15) is 11.1 Å². The molecule has 0 saturated heterocycles. The van der Waals surface area contributed by atoms with Gasteiger partial charge in [0.2, 0.25) is 0 Å². The van der Waals surface area contributed by atoms with Gasteiger partial charge in [-0.15, -0.1) is 6.58 Å². The van der Waals surface area contributed by atoms with Crippen molar-refractivity contribution in [3.05, 3.63) is 89.9 Å². The molecule has 3 rings (SSSR count). The van der Waals surface area contributed by atoms with Crippen LogP contribution in [0.2, 0.25) is 0 Å². The second-order valence-corrected chi connectivity index (χ2v) is 5.89. The van der Waals surface area contributed by atoms with E-state index < -0.39 is 0 Å². The molecule has 0 aliphatic carbocycles. The Morgan fingerprint density at radius 3 is 2.41 bits per heavy atom. The number of hydrogen-bond acceptors (Lipinski definition) is 3. The van der Waals surface area contributed by atoms with Crippen LogP contribution in [0.15, 0.2) is 83.7 Å². The van der Waals surface area contributed by atoms with Crippen LogP contribution in [0.25, 0.3) is 5.70 Å². The predicted octanol–water partition coefficient (Wildman–Crippen LogP) is 4.62. The zero-order valence-electron chi connectivity index (χ0n) is 12.3. The van der Waals surface area contributed by atoms with E-state index in [1.165, 1.54) is 11.3 Å². The molecule has 0 saturated carbocycles. The van der Waals surface area contributed by atoms with Crippen molar-refractivity contribution in [2.75, 3.05) is 6.54 Å². The predicted molar refractivity (Wildman–Crippen MR) is 96.7 cm³/mol.